The molecule has 0 radical (unpaired) electrons. The van der Waals surface area contributed by atoms with E-state index >= 15 is 0 Å². The van der Waals surface area contributed by atoms with Crippen LogP contribution in [0.5, 0.6) is 0 Å². The average molecular weight is 342 g/mol. The van der Waals surface area contributed by atoms with Gasteiger partial charge in [-0.15, -0.1) is 0 Å². The fourth-order valence-corrected chi connectivity index (χ4v) is 3.37. The molecule has 0 saturated carbocycles. The van der Waals surface area contributed by atoms with Gasteiger partial charge < -0.3 is 16.0 Å². The van der Waals surface area contributed by atoms with Gasteiger partial charge in [-0.25, -0.2) is 0 Å². The van der Waals surface area contributed by atoms with E-state index in [-0.39, 0.29) is 17.9 Å². The average Bonchev–Trinajstić information content (AvgIpc) is 2.50. The molecule has 1 aliphatic rings. The fourth-order valence-electron chi connectivity index (χ4n) is 2.24. The Kier molecular flexibility index (Phi) is 6.54. The second-order valence-electron chi connectivity index (χ2n) is 5.03. The van der Waals surface area contributed by atoms with Gasteiger partial charge in [0.05, 0.1) is 11.3 Å². The predicted octanol–water partition coefficient (Wildman–Crippen LogP) is 2.12. The van der Waals surface area contributed by atoms with Gasteiger partial charge in [-0.3, -0.25) is 9.59 Å². The van der Waals surface area contributed by atoms with Crippen LogP contribution in [0, 0.1) is 0 Å². The summed E-state index contributed by atoms with van der Waals surface area (Å²) in [7, 11) is 0. The van der Waals surface area contributed by atoms with E-state index in [1.54, 1.807) is 18.2 Å². The lowest BCUT2D eigenvalue weighted by Gasteiger charge is -2.22. The van der Waals surface area contributed by atoms with Crippen LogP contribution in [0.3, 0.4) is 0 Å². The normalized spacial score (nSPS) is 17.8. The quantitative estimate of drug-likeness (QED) is 0.767. The van der Waals surface area contributed by atoms with Crippen LogP contribution in [-0.2, 0) is 4.79 Å². The maximum Gasteiger partial charge on any atom is 0.253 e. The van der Waals surface area contributed by atoms with Crippen molar-refractivity contribution in [3.8, 4) is 0 Å². The highest BCUT2D eigenvalue weighted by Gasteiger charge is 2.18. The number of benzene rings is 1. The number of amides is 2. The molecule has 0 bridgehead atoms. The van der Waals surface area contributed by atoms with E-state index in [1.165, 1.54) is 0 Å². The third-order valence-electron chi connectivity index (χ3n) is 3.27. The van der Waals surface area contributed by atoms with Gasteiger partial charge in [-0.05, 0) is 25.1 Å². The number of carbonyl (C=O) groups excluding carboxylic acids is 2. The maximum atomic E-state index is 12.2. The van der Waals surface area contributed by atoms with Crippen molar-refractivity contribution in [2.75, 3.05) is 29.9 Å². The van der Waals surface area contributed by atoms with Crippen molar-refractivity contribution in [3.63, 3.8) is 0 Å². The number of carbonyl (C=O) groups is 2. The second kappa shape index (κ2) is 8.41. The summed E-state index contributed by atoms with van der Waals surface area (Å²) in [5.41, 5.74) is 0.873. The summed E-state index contributed by atoms with van der Waals surface area (Å²) in [5, 5.41) is 9.32. The molecule has 1 aliphatic heterocycles. The summed E-state index contributed by atoms with van der Waals surface area (Å²) in [4.78, 5) is 24.2. The first-order valence-corrected chi connectivity index (χ1v) is 8.82. The first kappa shape index (κ1) is 17.1. The number of thioether (sulfide) groups is 1. The maximum absolute atomic E-state index is 12.2. The zero-order valence-electron chi connectivity index (χ0n) is 12.4. The molecule has 1 atom stereocenters. The van der Waals surface area contributed by atoms with E-state index in [0.717, 1.165) is 18.1 Å². The number of halogens is 1. The van der Waals surface area contributed by atoms with Gasteiger partial charge in [-0.1, -0.05) is 11.6 Å². The van der Waals surface area contributed by atoms with E-state index in [2.05, 4.69) is 16.0 Å². The molecule has 22 heavy (non-hydrogen) atoms. The number of hydrogen-bond acceptors (Lipinski definition) is 4. The predicted molar refractivity (Wildman–Crippen MR) is 91.8 cm³/mol. The molecule has 7 heteroatoms. The summed E-state index contributed by atoms with van der Waals surface area (Å²) >= 11 is 7.79. The molecular formula is C15H20ClN3O2S. The van der Waals surface area contributed by atoms with Gasteiger partial charge in [0.1, 0.15) is 0 Å². The molecule has 1 unspecified atom stereocenters. The lowest BCUT2D eigenvalue weighted by atomic mass is 10.1. The van der Waals surface area contributed by atoms with Crippen LogP contribution in [0.4, 0.5) is 5.69 Å². The minimum Gasteiger partial charge on any atom is -0.352 e. The van der Waals surface area contributed by atoms with E-state index in [9.17, 15) is 9.59 Å². The zero-order valence-corrected chi connectivity index (χ0v) is 14.0. The summed E-state index contributed by atoms with van der Waals surface area (Å²) in [6, 6.07) is 5.07. The minimum atomic E-state index is -0.244. The Morgan fingerprint density at radius 3 is 2.95 bits per heavy atom. The Morgan fingerprint density at radius 1 is 1.45 bits per heavy atom. The van der Waals surface area contributed by atoms with Gasteiger partial charge >= 0.3 is 0 Å². The first-order valence-electron chi connectivity index (χ1n) is 7.29. The summed E-state index contributed by atoms with van der Waals surface area (Å²) < 4.78 is 0. The Bertz CT molecular complexity index is 548. The minimum absolute atomic E-state index is 0.104. The topological polar surface area (TPSA) is 70.2 Å². The first-order chi connectivity index (χ1) is 10.6. The standard InChI is InChI=1S/C15H20ClN3O2S/c1-2-17-15(21)12-7-10(16)3-4-13(12)19-14(20)8-11-9-22-6-5-18-11/h3-4,7,11,18H,2,5-6,8-9H2,1H3,(H,17,21)(H,19,20). The van der Waals surface area contributed by atoms with Crippen molar-refractivity contribution in [3.05, 3.63) is 28.8 Å². The largest absolute Gasteiger partial charge is 0.352 e. The molecule has 3 N–H and O–H groups in total. The SMILES string of the molecule is CCNC(=O)c1cc(Cl)ccc1NC(=O)CC1CSCCN1. The molecular weight excluding hydrogens is 322 g/mol. The fraction of sp³-hybridized carbons (Fsp3) is 0.467. The Labute approximate surface area is 139 Å². The van der Waals surface area contributed by atoms with Gasteiger partial charge in [0.2, 0.25) is 5.91 Å². The van der Waals surface area contributed by atoms with Gasteiger partial charge in [0.25, 0.3) is 5.91 Å². The van der Waals surface area contributed by atoms with E-state index < -0.39 is 0 Å². The van der Waals surface area contributed by atoms with Gasteiger partial charge in [-0.2, -0.15) is 11.8 Å². The summed E-state index contributed by atoms with van der Waals surface area (Å²) in [6.45, 7) is 3.28. The second-order valence-corrected chi connectivity index (χ2v) is 6.61. The third kappa shape index (κ3) is 4.90. The monoisotopic (exact) mass is 341 g/mol. The highest BCUT2D eigenvalue weighted by molar-refractivity contribution is 7.99. The van der Waals surface area contributed by atoms with Crippen LogP contribution in [0.15, 0.2) is 18.2 Å². The Balaban J connectivity index is 2.04. The molecule has 1 fully saturated rings. The number of anilines is 1. The van der Waals surface area contributed by atoms with Crippen molar-refractivity contribution in [1.82, 2.24) is 10.6 Å². The van der Waals surface area contributed by atoms with Crippen molar-refractivity contribution >= 4 is 40.9 Å². The van der Waals surface area contributed by atoms with Crippen LogP contribution in [-0.4, -0.2) is 42.5 Å². The molecule has 0 spiro atoms. The number of nitrogens with one attached hydrogen (secondary N) is 3. The molecule has 1 aromatic carbocycles. The lowest BCUT2D eigenvalue weighted by Crippen LogP contribution is -2.40. The van der Waals surface area contributed by atoms with E-state index in [0.29, 0.717) is 29.2 Å². The third-order valence-corrected chi connectivity index (χ3v) is 4.63. The van der Waals surface area contributed by atoms with Crippen molar-refractivity contribution in [1.29, 1.82) is 0 Å². The van der Waals surface area contributed by atoms with Gasteiger partial charge in [0, 0.05) is 42.1 Å². The summed E-state index contributed by atoms with van der Waals surface area (Å²) in [5.74, 6) is 1.66. The molecule has 2 amide bonds. The molecule has 5 nitrogen and oxygen atoms in total. The molecule has 1 saturated heterocycles. The van der Waals surface area contributed by atoms with Crippen LogP contribution >= 0.6 is 23.4 Å². The zero-order chi connectivity index (χ0) is 15.9. The molecule has 1 heterocycles. The molecule has 0 aliphatic carbocycles. The lowest BCUT2D eigenvalue weighted by molar-refractivity contribution is -0.116. The van der Waals surface area contributed by atoms with Crippen LogP contribution in [0.1, 0.15) is 23.7 Å². The van der Waals surface area contributed by atoms with E-state index in [1.807, 2.05) is 18.7 Å². The van der Waals surface area contributed by atoms with Crippen LogP contribution < -0.4 is 16.0 Å². The van der Waals surface area contributed by atoms with Crippen LogP contribution in [0.25, 0.3) is 0 Å². The smallest absolute Gasteiger partial charge is 0.253 e. The Hall–Kier alpha value is -1.24. The molecule has 2 rings (SSSR count). The number of hydrogen-bond donors (Lipinski definition) is 3. The Morgan fingerprint density at radius 2 is 2.27 bits per heavy atom. The highest BCUT2D eigenvalue weighted by atomic mass is 35.5. The van der Waals surface area contributed by atoms with Gasteiger partial charge in [0.15, 0.2) is 0 Å². The summed E-state index contributed by atoms with van der Waals surface area (Å²) in [6.07, 6.45) is 0.393. The highest BCUT2D eigenvalue weighted by Crippen LogP contribution is 2.21. The molecule has 1 aromatic rings. The van der Waals surface area contributed by atoms with Crippen molar-refractivity contribution in [2.45, 2.75) is 19.4 Å². The van der Waals surface area contributed by atoms with Crippen LogP contribution in [0.2, 0.25) is 5.02 Å². The van der Waals surface area contributed by atoms with Crippen molar-refractivity contribution < 1.29 is 9.59 Å². The van der Waals surface area contributed by atoms with E-state index in [4.69, 9.17) is 11.6 Å². The van der Waals surface area contributed by atoms with Crippen molar-refractivity contribution in [2.24, 2.45) is 0 Å². The number of rotatable bonds is 5. The molecule has 0 aromatic heterocycles. The molecule has 120 valence electrons.